The molecule has 0 aliphatic rings. The lowest BCUT2D eigenvalue weighted by Crippen LogP contribution is -2.05. The highest BCUT2D eigenvalue weighted by atomic mass is 16.5. The Kier molecular flexibility index (Phi) is 5.18. The summed E-state index contributed by atoms with van der Waals surface area (Å²) in [6.07, 6.45) is 4.08. The van der Waals surface area contributed by atoms with E-state index >= 15 is 0 Å². The number of nitrogens with zero attached hydrogens (tertiary/aromatic N) is 2. The quantitative estimate of drug-likeness (QED) is 0.838. The SMILES string of the molecule is CCCn1cc(C)nc1Nc1ccccc1CCOC. The zero-order valence-electron chi connectivity index (χ0n) is 12.5. The van der Waals surface area contributed by atoms with E-state index in [-0.39, 0.29) is 0 Å². The molecule has 0 fully saturated rings. The molecule has 0 saturated carbocycles. The second-order valence-corrected chi connectivity index (χ2v) is 4.92. The van der Waals surface area contributed by atoms with Crippen LogP contribution in [0, 0.1) is 6.92 Å². The molecule has 0 amide bonds. The highest BCUT2D eigenvalue weighted by Gasteiger charge is 2.08. The maximum absolute atomic E-state index is 5.17. The van der Waals surface area contributed by atoms with Crippen molar-refractivity contribution in [1.29, 1.82) is 0 Å². The molecule has 0 aliphatic carbocycles. The second kappa shape index (κ2) is 7.10. The number of imidazole rings is 1. The molecule has 1 aromatic heterocycles. The molecule has 0 spiro atoms. The van der Waals surface area contributed by atoms with Crippen LogP contribution in [0.2, 0.25) is 0 Å². The van der Waals surface area contributed by atoms with Gasteiger partial charge in [-0.1, -0.05) is 25.1 Å². The van der Waals surface area contributed by atoms with E-state index in [9.17, 15) is 0 Å². The summed E-state index contributed by atoms with van der Waals surface area (Å²) in [5.74, 6) is 0.911. The van der Waals surface area contributed by atoms with Crippen molar-refractivity contribution in [2.75, 3.05) is 19.0 Å². The van der Waals surface area contributed by atoms with Crippen LogP contribution in [0.5, 0.6) is 0 Å². The molecule has 1 N–H and O–H groups in total. The molecule has 0 aliphatic heterocycles. The third-order valence-electron chi connectivity index (χ3n) is 3.20. The number of rotatable bonds is 7. The monoisotopic (exact) mass is 273 g/mol. The maximum Gasteiger partial charge on any atom is 0.207 e. The normalized spacial score (nSPS) is 10.8. The van der Waals surface area contributed by atoms with E-state index in [1.54, 1.807) is 7.11 Å². The molecule has 1 aromatic carbocycles. The maximum atomic E-state index is 5.17. The summed E-state index contributed by atoms with van der Waals surface area (Å²) in [5, 5.41) is 3.45. The van der Waals surface area contributed by atoms with Gasteiger partial charge in [0.1, 0.15) is 0 Å². The van der Waals surface area contributed by atoms with Gasteiger partial charge in [-0.2, -0.15) is 0 Å². The summed E-state index contributed by atoms with van der Waals surface area (Å²) in [6, 6.07) is 8.31. The Labute approximate surface area is 120 Å². The number of anilines is 2. The average Bonchev–Trinajstić information content (AvgIpc) is 2.78. The van der Waals surface area contributed by atoms with Gasteiger partial charge < -0.3 is 14.6 Å². The van der Waals surface area contributed by atoms with Gasteiger partial charge in [0.05, 0.1) is 12.3 Å². The highest BCUT2D eigenvalue weighted by molar-refractivity contribution is 5.59. The summed E-state index contributed by atoms with van der Waals surface area (Å²) in [5.41, 5.74) is 3.39. The predicted molar refractivity (Wildman–Crippen MR) is 82.6 cm³/mol. The summed E-state index contributed by atoms with van der Waals surface area (Å²) >= 11 is 0. The van der Waals surface area contributed by atoms with Gasteiger partial charge >= 0.3 is 0 Å². The van der Waals surface area contributed by atoms with Crippen LogP contribution in [0.1, 0.15) is 24.6 Å². The number of aryl methyl sites for hydroxylation is 2. The van der Waals surface area contributed by atoms with E-state index in [1.807, 2.05) is 13.0 Å². The average molecular weight is 273 g/mol. The van der Waals surface area contributed by atoms with Crippen LogP contribution in [0.25, 0.3) is 0 Å². The van der Waals surface area contributed by atoms with Crippen molar-refractivity contribution in [1.82, 2.24) is 9.55 Å². The molecular weight excluding hydrogens is 250 g/mol. The molecule has 0 atom stereocenters. The highest BCUT2D eigenvalue weighted by Crippen LogP contribution is 2.21. The fourth-order valence-corrected chi connectivity index (χ4v) is 2.25. The van der Waals surface area contributed by atoms with Crippen molar-refractivity contribution in [2.24, 2.45) is 0 Å². The Hall–Kier alpha value is -1.81. The predicted octanol–water partition coefficient (Wildman–Crippen LogP) is 3.53. The molecule has 0 saturated heterocycles. The minimum Gasteiger partial charge on any atom is -0.384 e. The van der Waals surface area contributed by atoms with Crippen LogP contribution in [0.3, 0.4) is 0 Å². The topological polar surface area (TPSA) is 39.1 Å². The first kappa shape index (κ1) is 14.6. The molecule has 1 heterocycles. The molecule has 4 nitrogen and oxygen atoms in total. The van der Waals surface area contributed by atoms with Crippen LogP contribution in [-0.2, 0) is 17.7 Å². The number of hydrogen-bond donors (Lipinski definition) is 1. The van der Waals surface area contributed by atoms with E-state index in [0.29, 0.717) is 0 Å². The van der Waals surface area contributed by atoms with E-state index in [0.717, 1.165) is 43.3 Å². The Morgan fingerprint density at radius 3 is 2.85 bits per heavy atom. The largest absolute Gasteiger partial charge is 0.384 e. The first-order chi connectivity index (χ1) is 9.74. The number of hydrogen-bond acceptors (Lipinski definition) is 3. The van der Waals surface area contributed by atoms with Crippen molar-refractivity contribution in [3.8, 4) is 0 Å². The Balaban J connectivity index is 2.21. The standard InChI is InChI=1S/C16H23N3O/c1-4-10-19-12-13(2)17-16(19)18-15-8-6-5-7-14(15)9-11-20-3/h5-8,12H,4,9-11H2,1-3H3,(H,17,18). The number of ether oxygens (including phenoxy) is 1. The van der Waals surface area contributed by atoms with Gasteiger partial charge in [0.25, 0.3) is 0 Å². The molecule has 108 valence electrons. The Morgan fingerprint density at radius 1 is 1.30 bits per heavy atom. The summed E-state index contributed by atoms with van der Waals surface area (Å²) in [4.78, 5) is 4.57. The van der Waals surface area contributed by atoms with Crippen LogP contribution in [0.4, 0.5) is 11.6 Å². The van der Waals surface area contributed by atoms with E-state index in [4.69, 9.17) is 4.74 Å². The smallest absolute Gasteiger partial charge is 0.207 e. The van der Waals surface area contributed by atoms with Crippen molar-refractivity contribution in [3.05, 3.63) is 41.7 Å². The Bertz CT molecular complexity index is 548. The third kappa shape index (κ3) is 3.61. The summed E-state index contributed by atoms with van der Waals surface area (Å²) in [7, 11) is 1.73. The number of aromatic nitrogens is 2. The van der Waals surface area contributed by atoms with Gasteiger partial charge in [-0.15, -0.1) is 0 Å². The number of para-hydroxylation sites is 1. The Morgan fingerprint density at radius 2 is 2.10 bits per heavy atom. The zero-order chi connectivity index (χ0) is 14.4. The molecule has 0 unspecified atom stereocenters. The lowest BCUT2D eigenvalue weighted by atomic mass is 10.1. The van der Waals surface area contributed by atoms with E-state index in [1.165, 1.54) is 5.56 Å². The molecular formula is C16H23N3O. The van der Waals surface area contributed by atoms with Gasteiger partial charge in [0.15, 0.2) is 0 Å². The number of benzene rings is 1. The summed E-state index contributed by atoms with van der Waals surface area (Å²) in [6.45, 7) is 5.89. The van der Waals surface area contributed by atoms with Crippen molar-refractivity contribution >= 4 is 11.6 Å². The molecule has 20 heavy (non-hydrogen) atoms. The lowest BCUT2D eigenvalue weighted by molar-refractivity contribution is 0.202. The number of methoxy groups -OCH3 is 1. The molecule has 0 radical (unpaired) electrons. The second-order valence-electron chi connectivity index (χ2n) is 4.92. The fraction of sp³-hybridized carbons (Fsp3) is 0.438. The van der Waals surface area contributed by atoms with Gasteiger partial charge in [0, 0.05) is 25.5 Å². The van der Waals surface area contributed by atoms with Gasteiger partial charge in [-0.05, 0) is 31.4 Å². The minimum atomic E-state index is 0.723. The summed E-state index contributed by atoms with van der Waals surface area (Å²) < 4.78 is 7.34. The first-order valence-corrected chi connectivity index (χ1v) is 7.12. The number of nitrogens with one attached hydrogen (secondary N) is 1. The fourth-order valence-electron chi connectivity index (χ4n) is 2.25. The first-order valence-electron chi connectivity index (χ1n) is 7.12. The van der Waals surface area contributed by atoms with Gasteiger partial charge in [-0.3, -0.25) is 0 Å². The van der Waals surface area contributed by atoms with Crippen LogP contribution < -0.4 is 5.32 Å². The molecule has 4 heteroatoms. The van der Waals surface area contributed by atoms with Gasteiger partial charge in [-0.25, -0.2) is 4.98 Å². The van der Waals surface area contributed by atoms with Crippen LogP contribution >= 0.6 is 0 Å². The minimum absolute atomic E-state index is 0.723. The molecule has 0 bridgehead atoms. The van der Waals surface area contributed by atoms with Crippen LogP contribution in [-0.4, -0.2) is 23.3 Å². The third-order valence-corrected chi connectivity index (χ3v) is 3.20. The van der Waals surface area contributed by atoms with Crippen LogP contribution in [0.15, 0.2) is 30.5 Å². The van der Waals surface area contributed by atoms with Crippen molar-refractivity contribution in [2.45, 2.75) is 33.2 Å². The molecule has 2 rings (SSSR count). The van der Waals surface area contributed by atoms with Crippen molar-refractivity contribution < 1.29 is 4.74 Å². The molecule has 2 aromatic rings. The zero-order valence-corrected chi connectivity index (χ0v) is 12.5. The van der Waals surface area contributed by atoms with E-state index < -0.39 is 0 Å². The lowest BCUT2D eigenvalue weighted by Gasteiger charge is -2.12. The van der Waals surface area contributed by atoms with Crippen molar-refractivity contribution in [3.63, 3.8) is 0 Å². The van der Waals surface area contributed by atoms with E-state index in [2.05, 4.69) is 46.2 Å². The van der Waals surface area contributed by atoms with Gasteiger partial charge in [0.2, 0.25) is 5.95 Å².